The van der Waals surface area contributed by atoms with Crippen molar-refractivity contribution in [2.24, 2.45) is 0 Å². The van der Waals surface area contributed by atoms with Crippen LogP contribution in [-0.4, -0.2) is 48.2 Å². The van der Waals surface area contributed by atoms with E-state index in [-0.39, 0.29) is 13.0 Å². The van der Waals surface area contributed by atoms with Crippen molar-refractivity contribution in [3.05, 3.63) is 0 Å². The van der Waals surface area contributed by atoms with Gasteiger partial charge >= 0.3 is 5.97 Å². The van der Waals surface area contributed by atoms with Crippen molar-refractivity contribution in [2.75, 3.05) is 20.6 Å². The molecule has 0 aliphatic rings. The van der Waals surface area contributed by atoms with Crippen molar-refractivity contribution < 1.29 is 19.8 Å². The molecule has 0 spiro atoms. The highest BCUT2D eigenvalue weighted by atomic mass is 16.4. The number of hydrogen-bond acceptors (Lipinski definition) is 3. The molecule has 0 aliphatic heterocycles. The first-order valence-electron chi connectivity index (χ1n) is 2.49. The Morgan fingerprint density at radius 1 is 1.60 bits per heavy atom. The zero-order valence-electron chi connectivity index (χ0n) is 5.94. The van der Waals surface area contributed by atoms with E-state index in [1.807, 2.05) is 0 Å². The zero-order chi connectivity index (χ0) is 8.57. The van der Waals surface area contributed by atoms with Gasteiger partial charge in [0.1, 0.15) is 0 Å². The van der Waals surface area contributed by atoms with Crippen molar-refractivity contribution in [3.8, 4) is 0 Å². The van der Waals surface area contributed by atoms with Gasteiger partial charge in [-0.15, -0.1) is 0 Å². The lowest BCUT2D eigenvalue weighted by atomic mass is 10.6. The number of carbonyl (C=O) groups is 2. The molecule has 10 heavy (non-hydrogen) atoms. The van der Waals surface area contributed by atoms with Crippen LogP contribution in [0.15, 0.2) is 0 Å². The second-order valence-electron chi connectivity index (χ2n) is 1.74. The molecular formula is C5H11NO4. The highest BCUT2D eigenvalue weighted by molar-refractivity contribution is 5.68. The predicted molar refractivity (Wildman–Crippen MR) is 34.9 cm³/mol. The minimum absolute atomic E-state index is 0.111. The Hall–Kier alpha value is -1.10. The lowest BCUT2D eigenvalue weighted by molar-refractivity contribution is -0.137. The molecule has 0 amide bonds. The summed E-state index contributed by atoms with van der Waals surface area (Å²) in [7, 11) is 3.43. The van der Waals surface area contributed by atoms with E-state index in [0.717, 1.165) is 0 Å². The predicted octanol–water partition coefficient (Wildman–Crippen LogP) is -0.667. The minimum atomic E-state index is -0.787. The summed E-state index contributed by atoms with van der Waals surface area (Å²) in [5, 5.41) is 14.9. The molecule has 0 radical (unpaired) electrons. The summed E-state index contributed by atoms with van der Waals surface area (Å²) in [5.74, 6) is -0.787. The van der Waals surface area contributed by atoms with Gasteiger partial charge in [-0.25, -0.2) is 0 Å². The van der Waals surface area contributed by atoms with Gasteiger partial charge in [0.05, 0.1) is 6.54 Å². The molecule has 0 heterocycles. The molecule has 0 aliphatic carbocycles. The highest BCUT2D eigenvalue weighted by Crippen LogP contribution is 1.69. The first kappa shape index (κ1) is 11.7. The maximum Gasteiger partial charge on any atom is 0.317 e. The van der Waals surface area contributed by atoms with Gasteiger partial charge < -0.3 is 10.2 Å². The molecule has 5 heteroatoms. The van der Waals surface area contributed by atoms with Crippen LogP contribution < -0.4 is 0 Å². The fraction of sp³-hybridized carbons (Fsp3) is 0.600. The Morgan fingerprint density at radius 2 is 1.90 bits per heavy atom. The number of nitrogens with zero attached hydrogens (tertiary/aromatic N) is 1. The van der Waals surface area contributed by atoms with Crippen LogP contribution in [0.3, 0.4) is 0 Å². The topological polar surface area (TPSA) is 77.8 Å². The maximum absolute atomic E-state index is 9.77. The molecule has 0 saturated heterocycles. The summed E-state index contributed by atoms with van der Waals surface area (Å²) >= 11 is 0. The van der Waals surface area contributed by atoms with E-state index < -0.39 is 5.97 Å². The summed E-state index contributed by atoms with van der Waals surface area (Å²) in [6.45, 7) is -0.139. The summed E-state index contributed by atoms with van der Waals surface area (Å²) in [4.78, 5) is 19.7. The zero-order valence-corrected chi connectivity index (χ0v) is 5.94. The third-order valence-corrected chi connectivity index (χ3v) is 0.451. The molecule has 0 atom stereocenters. The summed E-state index contributed by atoms with van der Waals surface area (Å²) in [6.07, 6.45) is 0. The fourth-order valence-corrected chi connectivity index (χ4v) is 0.271. The summed E-state index contributed by atoms with van der Waals surface area (Å²) in [6, 6.07) is 0. The third-order valence-electron chi connectivity index (χ3n) is 0.451. The van der Waals surface area contributed by atoms with Crippen LogP contribution in [0, 0.1) is 0 Å². The van der Waals surface area contributed by atoms with Gasteiger partial charge in [-0.3, -0.25) is 14.5 Å². The standard InChI is InChI=1S/C4H9NO2.CH2O2/c1-5(2)3-4(6)7;2-1-3/h3H2,1-2H3,(H,6,7);1H,(H,2,3). The van der Waals surface area contributed by atoms with Gasteiger partial charge in [-0.05, 0) is 14.1 Å². The van der Waals surface area contributed by atoms with Gasteiger partial charge in [0, 0.05) is 0 Å². The highest BCUT2D eigenvalue weighted by Gasteiger charge is 1.94. The number of likely N-dealkylation sites (N-methyl/N-ethyl adjacent to an activating group) is 1. The number of carboxylic acid groups (broad SMARTS) is 2. The number of hydrogen-bond donors (Lipinski definition) is 2. The normalized spacial score (nSPS) is 7.90. The molecule has 5 nitrogen and oxygen atoms in total. The Bertz CT molecular complexity index is 102. The second kappa shape index (κ2) is 7.90. The molecule has 0 aromatic heterocycles. The van der Waals surface area contributed by atoms with Crippen LogP contribution in [0.25, 0.3) is 0 Å². The van der Waals surface area contributed by atoms with Crippen LogP contribution >= 0.6 is 0 Å². The average Bonchev–Trinajstić information content (AvgIpc) is 1.62. The van der Waals surface area contributed by atoms with Crippen molar-refractivity contribution in [1.82, 2.24) is 4.90 Å². The quantitative estimate of drug-likeness (QED) is 0.509. The van der Waals surface area contributed by atoms with Crippen LogP contribution in [-0.2, 0) is 9.59 Å². The molecule has 2 N–H and O–H groups in total. The Kier molecular flexibility index (Phi) is 9.22. The summed E-state index contributed by atoms with van der Waals surface area (Å²) < 4.78 is 0. The van der Waals surface area contributed by atoms with Crippen molar-refractivity contribution in [3.63, 3.8) is 0 Å². The third kappa shape index (κ3) is 28.6. The Labute approximate surface area is 58.9 Å². The number of aliphatic carboxylic acids is 1. The van der Waals surface area contributed by atoms with E-state index in [1.54, 1.807) is 19.0 Å². The second-order valence-corrected chi connectivity index (χ2v) is 1.74. The van der Waals surface area contributed by atoms with Crippen LogP contribution in [0.4, 0.5) is 0 Å². The van der Waals surface area contributed by atoms with Gasteiger partial charge in [0.25, 0.3) is 6.47 Å². The maximum atomic E-state index is 9.77. The fourth-order valence-electron chi connectivity index (χ4n) is 0.271. The number of carboxylic acids is 1. The molecule has 0 aromatic rings. The molecule has 0 aromatic carbocycles. The smallest absolute Gasteiger partial charge is 0.317 e. The lowest BCUT2D eigenvalue weighted by Gasteiger charge is -2.01. The lowest BCUT2D eigenvalue weighted by Crippen LogP contribution is -2.20. The Balaban J connectivity index is 0. The Morgan fingerprint density at radius 3 is 1.90 bits per heavy atom. The van der Waals surface area contributed by atoms with Gasteiger partial charge in [-0.2, -0.15) is 0 Å². The van der Waals surface area contributed by atoms with Gasteiger partial charge in [0.2, 0.25) is 0 Å². The van der Waals surface area contributed by atoms with Gasteiger partial charge in [-0.1, -0.05) is 0 Å². The van der Waals surface area contributed by atoms with E-state index in [0.29, 0.717) is 0 Å². The van der Waals surface area contributed by atoms with E-state index in [2.05, 4.69) is 0 Å². The van der Waals surface area contributed by atoms with Crippen LogP contribution in [0.2, 0.25) is 0 Å². The molecular weight excluding hydrogens is 138 g/mol. The van der Waals surface area contributed by atoms with Crippen LogP contribution in [0.1, 0.15) is 0 Å². The monoisotopic (exact) mass is 149 g/mol. The van der Waals surface area contributed by atoms with Gasteiger partial charge in [0.15, 0.2) is 0 Å². The molecule has 60 valence electrons. The first-order valence-corrected chi connectivity index (χ1v) is 2.49. The molecule has 0 bridgehead atoms. The summed E-state index contributed by atoms with van der Waals surface area (Å²) in [5.41, 5.74) is 0. The van der Waals surface area contributed by atoms with Crippen LogP contribution in [0.5, 0.6) is 0 Å². The first-order chi connectivity index (χ1) is 4.54. The van der Waals surface area contributed by atoms with E-state index in [9.17, 15) is 4.79 Å². The van der Waals surface area contributed by atoms with Crippen molar-refractivity contribution in [2.45, 2.75) is 0 Å². The van der Waals surface area contributed by atoms with E-state index in [4.69, 9.17) is 15.0 Å². The number of rotatable bonds is 2. The molecule has 0 unspecified atom stereocenters. The van der Waals surface area contributed by atoms with E-state index >= 15 is 0 Å². The molecule has 0 rings (SSSR count). The van der Waals surface area contributed by atoms with E-state index in [1.165, 1.54) is 0 Å². The minimum Gasteiger partial charge on any atom is -0.483 e. The average molecular weight is 149 g/mol. The SMILES string of the molecule is CN(C)CC(=O)O.O=CO. The van der Waals surface area contributed by atoms with Crippen molar-refractivity contribution in [1.29, 1.82) is 0 Å². The largest absolute Gasteiger partial charge is 0.483 e. The molecule has 0 fully saturated rings. The molecule has 0 saturated carbocycles. The van der Waals surface area contributed by atoms with Crippen molar-refractivity contribution >= 4 is 12.4 Å².